The molecule has 0 aliphatic rings. The Labute approximate surface area is 167 Å². The maximum atomic E-state index is 12.4. The van der Waals surface area contributed by atoms with E-state index < -0.39 is 11.2 Å². The fourth-order valence-electron chi connectivity index (χ4n) is 3.20. The van der Waals surface area contributed by atoms with E-state index in [1.165, 1.54) is 0 Å². The number of H-pyrrole nitrogens is 2. The van der Waals surface area contributed by atoms with E-state index in [4.69, 9.17) is 4.74 Å². The van der Waals surface area contributed by atoms with Crippen molar-refractivity contribution in [2.75, 3.05) is 12.4 Å². The van der Waals surface area contributed by atoms with Gasteiger partial charge in [0.1, 0.15) is 5.75 Å². The molecule has 7 heteroatoms. The number of amides is 1. The summed E-state index contributed by atoms with van der Waals surface area (Å²) in [4.78, 5) is 40.3. The van der Waals surface area contributed by atoms with Gasteiger partial charge in [0, 0.05) is 35.3 Å². The summed E-state index contributed by atoms with van der Waals surface area (Å²) in [5.74, 6) is 0.535. The van der Waals surface area contributed by atoms with Crippen molar-refractivity contribution in [1.29, 1.82) is 0 Å². The molecule has 3 rings (SSSR count). The minimum Gasteiger partial charge on any atom is -0.496 e. The molecule has 150 valence electrons. The van der Waals surface area contributed by atoms with Crippen molar-refractivity contribution in [2.24, 2.45) is 0 Å². The van der Waals surface area contributed by atoms with Crippen molar-refractivity contribution in [1.82, 2.24) is 9.97 Å². The highest BCUT2D eigenvalue weighted by Gasteiger charge is 2.11. The Morgan fingerprint density at radius 3 is 2.52 bits per heavy atom. The number of rotatable bonds is 7. The van der Waals surface area contributed by atoms with Gasteiger partial charge >= 0.3 is 5.69 Å². The molecule has 0 unspecified atom stereocenters. The van der Waals surface area contributed by atoms with Gasteiger partial charge in [-0.15, -0.1) is 0 Å². The Kier molecular flexibility index (Phi) is 6.29. The van der Waals surface area contributed by atoms with Gasteiger partial charge in [-0.3, -0.25) is 14.6 Å². The summed E-state index contributed by atoms with van der Waals surface area (Å²) < 4.78 is 5.44. The van der Waals surface area contributed by atoms with Crippen LogP contribution in [0, 0.1) is 6.92 Å². The Morgan fingerprint density at radius 1 is 1.07 bits per heavy atom. The molecule has 0 fully saturated rings. The highest BCUT2D eigenvalue weighted by Crippen LogP contribution is 2.25. The Hall–Kier alpha value is -3.61. The van der Waals surface area contributed by atoms with Crippen LogP contribution < -0.4 is 21.3 Å². The van der Waals surface area contributed by atoms with Crippen molar-refractivity contribution in [3.05, 3.63) is 91.8 Å². The monoisotopic (exact) mass is 393 g/mol. The normalized spacial score (nSPS) is 10.6. The molecular weight excluding hydrogens is 370 g/mol. The molecule has 0 aliphatic carbocycles. The zero-order chi connectivity index (χ0) is 20.8. The maximum Gasteiger partial charge on any atom is 0.325 e. The number of aromatic nitrogens is 2. The van der Waals surface area contributed by atoms with Crippen LogP contribution in [0.25, 0.3) is 0 Å². The Bertz CT molecular complexity index is 1120. The first-order valence-electron chi connectivity index (χ1n) is 9.29. The number of hydrogen-bond donors (Lipinski definition) is 3. The highest BCUT2D eigenvalue weighted by molar-refractivity contribution is 5.91. The van der Waals surface area contributed by atoms with Crippen molar-refractivity contribution >= 4 is 11.6 Å². The zero-order valence-electron chi connectivity index (χ0n) is 16.4. The van der Waals surface area contributed by atoms with E-state index in [9.17, 15) is 14.4 Å². The summed E-state index contributed by atoms with van der Waals surface area (Å²) in [6, 6.07) is 15.5. The molecule has 0 aliphatic heterocycles. The van der Waals surface area contributed by atoms with Gasteiger partial charge in [0.15, 0.2) is 0 Å². The van der Waals surface area contributed by atoms with Gasteiger partial charge in [-0.05, 0) is 37.1 Å². The molecule has 1 amide bonds. The number of benzene rings is 2. The maximum absolute atomic E-state index is 12.4. The number of carbonyl (C=O) groups excluding carboxylic acids is 1. The predicted octanol–water partition coefficient (Wildman–Crippen LogP) is 2.54. The number of aryl methyl sites for hydroxylation is 1. The zero-order valence-corrected chi connectivity index (χ0v) is 16.4. The molecule has 3 aromatic rings. The lowest BCUT2D eigenvalue weighted by Crippen LogP contribution is -2.27. The molecule has 0 saturated heterocycles. The van der Waals surface area contributed by atoms with E-state index in [0.29, 0.717) is 23.4 Å². The SMILES string of the molecule is COc1ccc(NC(=O)CCc2c(C)[nH]c(=O)[nH]c2=O)cc1Cc1ccccc1. The van der Waals surface area contributed by atoms with Crippen LogP contribution in [0.5, 0.6) is 5.75 Å². The van der Waals surface area contributed by atoms with E-state index in [2.05, 4.69) is 15.3 Å². The third-order valence-corrected chi connectivity index (χ3v) is 4.66. The van der Waals surface area contributed by atoms with Crippen LogP contribution in [0.1, 0.15) is 28.8 Å². The van der Waals surface area contributed by atoms with Crippen molar-refractivity contribution in [2.45, 2.75) is 26.2 Å². The minimum atomic E-state index is -0.551. The minimum absolute atomic E-state index is 0.121. The molecule has 0 spiro atoms. The second-order valence-electron chi connectivity index (χ2n) is 6.75. The summed E-state index contributed by atoms with van der Waals surface area (Å²) >= 11 is 0. The van der Waals surface area contributed by atoms with Gasteiger partial charge in [-0.25, -0.2) is 4.79 Å². The van der Waals surface area contributed by atoms with E-state index in [0.717, 1.165) is 16.9 Å². The number of nitrogens with one attached hydrogen (secondary N) is 3. The number of hydrogen-bond acceptors (Lipinski definition) is 4. The quantitative estimate of drug-likeness (QED) is 0.574. The summed E-state index contributed by atoms with van der Waals surface area (Å²) in [5, 5.41) is 2.86. The molecule has 0 radical (unpaired) electrons. The van der Waals surface area contributed by atoms with Gasteiger partial charge in [0.2, 0.25) is 5.91 Å². The summed E-state index contributed by atoms with van der Waals surface area (Å²) in [7, 11) is 1.62. The molecule has 0 atom stereocenters. The lowest BCUT2D eigenvalue weighted by Gasteiger charge is -2.12. The molecule has 1 aromatic heterocycles. The van der Waals surface area contributed by atoms with Gasteiger partial charge < -0.3 is 15.0 Å². The van der Waals surface area contributed by atoms with Crippen LogP contribution in [-0.2, 0) is 17.6 Å². The molecule has 1 heterocycles. The molecule has 29 heavy (non-hydrogen) atoms. The van der Waals surface area contributed by atoms with Crippen LogP contribution in [0.2, 0.25) is 0 Å². The Balaban J connectivity index is 1.69. The molecule has 7 nitrogen and oxygen atoms in total. The summed E-state index contributed by atoms with van der Waals surface area (Å²) in [6.07, 6.45) is 1.03. The standard InChI is InChI=1S/C22H23N3O4/c1-14-18(21(27)25-22(28)23-14)9-11-20(26)24-17-8-10-19(29-2)16(13-17)12-15-6-4-3-5-7-15/h3-8,10,13H,9,11-12H2,1-2H3,(H,24,26)(H2,23,25,27,28). The number of anilines is 1. The first-order chi connectivity index (χ1) is 14.0. The van der Waals surface area contributed by atoms with Gasteiger partial charge in [0.25, 0.3) is 5.56 Å². The second kappa shape index (κ2) is 9.05. The van der Waals surface area contributed by atoms with Crippen LogP contribution >= 0.6 is 0 Å². The van der Waals surface area contributed by atoms with E-state index in [1.807, 2.05) is 42.5 Å². The van der Waals surface area contributed by atoms with Crippen LogP contribution in [-0.4, -0.2) is 23.0 Å². The predicted molar refractivity (Wildman–Crippen MR) is 112 cm³/mol. The topological polar surface area (TPSA) is 104 Å². The van der Waals surface area contributed by atoms with Crippen molar-refractivity contribution in [3.8, 4) is 5.75 Å². The van der Waals surface area contributed by atoms with E-state index >= 15 is 0 Å². The largest absolute Gasteiger partial charge is 0.496 e. The number of methoxy groups -OCH3 is 1. The first kappa shape index (κ1) is 20.1. The number of aromatic amines is 2. The third-order valence-electron chi connectivity index (χ3n) is 4.66. The van der Waals surface area contributed by atoms with Crippen LogP contribution in [0.3, 0.4) is 0 Å². The van der Waals surface area contributed by atoms with Gasteiger partial charge in [0.05, 0.1) is 7.11 Å². The second-order valence-corrected chi connectivity index (χ2v) is 6.75. The molecule has 0 bridgehead atoms. The molecule has 0 saturated carbocycles. The lowest BCUT2D eigenvalue weighted by molar-refractivity contribution is -0.116. The fraction of sp³-hybridized carbons (Fsp3) is 0.227. The van der Waals surface area contributed by atoms with Crippen molar-refractivity contribution < 1.29 is 9.53 Å². The van der Waals surface area contributed by atoms with Gasteiger partial charge in [-0.1, -0.05) is 30.3 Å². The number of carbonyl (C=O) groups is 1. The summed E-state index contributed by atoms with van der Waals surface area (Å²) in [5.41, 5.74) is 2.62. The highest BCUT2D eigenvalue weighted by atomic mass is 16.5. The van der Waals surface area contributed by atoms with Crippen molar-refractivity contribution in [3.63, 3.8) is 0 Å². The summed E-state index contributed by atoms with van der Waals surface area (Å²) in [6.45, 7) is 1.64. The van der Waals surface area contributed by atoms with E-state index in [-0.39, 0.29) is 18.7 Å². The number of ether oxygens (including phenoxy) is 1. The average Bonchev–Trinajstić information content (AvgIpc) is 2.68. The lowest BCUT2D eigenvalue weighted by atomic mass is 10.0. The van der Waals surface area contributed by atoms with Gasteiger partial charge in [-0.2, -0.15) is 0 Å². The smallest absolute Gasteiger partial charge is 0.325 e. The molecule has 2 aromatic carbocycles. The average molecular weight is 393 g/mol. The van der Waals surface area contributed by atoms with E-state index in [1.54, 1.807) is 20.1 Å². The fourth-order valence-corrected chi connectivity index (χ4v) is 3.20. The van der Waals surface area contributed by atoms with Crippen LogP contribution in [0.15, 0.2) is 58.1 Å². The molecular formula is C22H23N3O4. The van der Waals surface area contributed by atoms with Crippen LogP contribution in [0.4, 0.5) is 5.69 Å². The third kappa shape index (κ3) is 5.22. The first-order valence-corrected chi connectivity index (χ1v) is 9.29. The molecule has 3 N–H and O–H groups in total. The Morgan fingerprint density at radius 2 is 1.83 bits per heavy atom.